The molecule has 0 heterocycles. The molecule has 72 valence electrons. The quantitative estimate of drug-likeness (QED) is 0.660. The number of halogens is 1. The first-order valence-electron chi connectivity index (χ1n) is 4.57. The summed E-state index contributed by atoms with van der Waals surface area (Å²) in [6, 6.07) is 5.38. The number of hydrogen-bond acceptors (Lipinski definition) is 1. The lowest BCUT2D eigenvalue weighted by Crippen LogP contribution is -1.90. The predicted octanol–water partition coefficient (Wildman–Crippen LogP) is 4.06. The van der Waals surface area contributed by atoms with Crippen molar-refractivity contribution in [3.05, 3.63) is 29.6 Å². The fourth-order valence-electron chi connectivity index (χ4n) is 1.15. The van der Waals surface area contributed by atoms with Gasteiger partial charge in [-0.05, 0) is 29.4 Å². The number of rotatable bonds is 3. The zero-order chi connectivity index (χ0) is 9.84. The molecule has 0 unspecified atom stereocenters. The highest BCUT2D eigenvalue weighted by molar-refractivity contribution is 7.99. The zero-order valence-electron chi connectivity index (χ0n) is 8.30. The van der Waals surface area contributed by atoms with E-state index in [2.05, 4.69) is 13.8 Å². The van der Waals surface area contributed by atoms with Crippen molar-refractivity contribution >= 4 is 11.8 Å². The standard InChI is InChI=1S/C11H15FS/c1-4-13-11-7-9(8(2)3)5-6-10(11)12/h5-8H,4H2,1-3H3. The first-order valence-corrected chi connectivity index (χ1v) is 5.56. The molecule has 0 atom stereocenters. The lowest BCUT2D eigenvalue weighted by atomic mass is 10.0. The molecule has 0 radical (unpaired) electrons. The van der Waals surface area contributed by atoms with Gasteiger partial charge in [-0.1, -0.05) is 26.8 Å². The van der Waals surface area contributed by atoms with Crippen molar-refractivity contribution < 1.29 is 4.39 Å². The van der Waals surface area contributed by atoms with E-state index in [0.29, 0.717) is 5.92 Å². The summed E-state index contributed by atoms with van der Waals surface area (Å²) >= 11 is 1.56. The molecule has 1 aromatic rings. The monoisotopic (exact) mass is 198 g/mol. The van der Waals surface area contributed by atoms with Crippen LogP contribution in [0.3, 0.4) is 0 Å². The molecular weight excluding hydrogens is 183 g/mol. The van der Waals surface area contributed by atoms with E-state index in [9.17, 15) is 4.39 Å². The Hall–Kier alpha value is -0.500. The van der Waals surface area contributed by atoms with Gasteiger partial charge in [0, 0.05) is 4.90 Å². The van der Waals surface area contributed by atoms with Gasteiger partial charge >= 0.3 is 0 Å². The van der Waals surface area contributed by atoms with Crippen LogP contribution in [0.2, 0.25) is 0 Å². The molecular formula is C11H15FS. The number of benzene rings is 1. The predicted molar refractivity (Wildman–Crippen MR) is 56.9 cm³/mol. The van der Waals surface area contributed by atoms with E-state index in [1.165, 1.54) is 5.56 Å². The summed E-state index contributed by atoms with van der Waals surface area (Å²) in [5.41, 5.74) is 1.21. The van der Waals surface area contributed by atoms with Gasteiger partial charge in [0.2, 0.25) is 0 Å². The summed E-state index contributed by atoms with van der Waals surface area (Å²) in [6.07, 6.45) is 0. The van der Waals surface area contributed by atoms with E-state index in [1.54, 1.807) is 17.8 Å². The summed E-state index contributed by atoms with van der Waals surface area (Å²) in [6.45, 7) is 6.27. The maximum atomic E-state index is 13.2. The largest absolute Gasteiger partial charge is 0.206 e. The minimum Gasteiger partial charge on any atom is -0.206 e. The molecule has 0 bridgehead atoms. The fourth-order valence-corrected chi connectivity index (χ4v) is 1.88. The first kappa shape index (κ1) is 10.6. The SMILES string of the molecule is CCSc1cc(C(C)C)ccc1F. The van der Waals surface area contributed by atoms with Crippen molar-refractivity contribution in [3.63, 3.8) is 0 Å². The molecule has 0 spiro atoms. The Morgan fingerprint density at radius 1 is 1.38 bits per heavy atom. The third-order valence-corrected chi connectivity index (χ3v) is 2.83. The van der Waals surface area contributed by atoms with E-state index in [1.807, 2.05) is 19.1 Å². The van der Waals surface area contributed by atoms with Gasteiger partial charge in [0.05, 0.1) is 0 Å². The van der Waals surface area contributed by atoms with Crippen LogP contribution in [0.5, 0.6) is 0 Å². The van der Waals surface area contributed by atoms with E-state index >= 15 is 0 Å². The summed E-state index contributed by atoms with van der Waals surface area (Å²) in [5.74, 6) is 1.28. The highest BCUT2D eigenvalue weighted by Crippen LogP contribution is 2.25. The van der Waals surface area contributed by atoms with Gasteiger partial charge in [0.25, 0.3) is 0 Å². The van der Waals surface area contributed by atoms with Gasteiger partial charge in [-0.3, -0.25) is 0 Å². The molecule has 2 heteroatoms. The average Bonchev–Trinajstić information content (AvgIpc) is 2.08. The van der Waals surface area contributed by atoms with Crippen molar-refractivity contribution in [1.29, 1.82) is 0 Å². The Bertz CT molecular complexity index is 281. The lowest BCUT2D eigenvalue weighted by molar-refractivity contribution is 0.600. The maximum absolute atomic E-state index is 13.2. The van der Waals surface area contributed by atoms with Gasteiger partial charge in [-0.2, -0.15) is 0 Å². The van der Waals surface area contributed by atoms with Crippen molar-refractivity contribution in [2.75, 3.05) is 5.75 Å². The number of thioether (sulfide) groups is 1. The van der Waals surface area contributed by atoms with Crippen LogP contribution in [0.4, 0.5) is 4.39 Å². The third-order valence-electron chi connectivity index (χ3n) is 1.92. The second kappa shape index (κ2) is 4.66. The molecule has 0 aliphatic carbocycles. The highest BCUT2D eigenvalue weighted by Gasteiger charge is 2.05. The van der Waals surface area contributed by atoms with Crippen molar-refractivity contribution in [2.24, 2.45) is 0 Å². The molecule has 0 saturated carbocycles. The van der Waals surface area contributed by atoms with Gasteiger partial charge in [0.15, 0.2) is 0 Å². The molecule has 0 aliphatic heterocycles. The normalized spacial score (nSPS) is 10.8. The zero-order valence-corrected chi connectivity index (χ0v) is 9.12. The Morgan fingerprint density at radius 3 is 2.62 bits per heavy atom. The first-order chi connectivity index (χ1) is 6.15. The van der Waals surface area contributed by atoms with E-state index < -0.39 is 0 Å². The van der Waals surface area contributed by atoms with E-state index in [4.69, 9.17) is 0 Å². The van der Waals surface area contributed by atoms with Crippen LogP contribution in [0.15, 0.2) is 23.1 Å². The molecule has 0 saturated heterocycles. The van der Waals surface area contributed by atoms with Crippen LogP contribution in [0.1, 0.15) is 32.3 Å². The van der Waals surface area contributed by atoms with Crippen LogP contribution in [0.25, 0.3) is 0 Å². The number of hydrogen-bond donors (Lipinski definition) is 0. The summed E-state index contributed by atoms with van der Waals surface area (Å²) in [7, 11) is 0. The fraction of sp³-hybridized carbons (Fsp3) is 0.455. The van der Waals surface area contributed by atoms with Gasteiger partial charge in [0.1, 0.15) is 5.82 Å². The van der Waals surface area contributed by atoms with E-state index in [-0.39, 0.29) is 5.82 Å². The summed E-state index contributed by atoms with van der Waals surface area (Å²) in [4.78, 5) is 0.772. The Labute approximate surface area is 83.5 Å². The minimum atomic E-state index is -0.101. The van der Waals surface area contributed by atoms with Crippen molar-refractivity contribution in [2.45, 2.75) is 31.6 Å². The maximum Gasteiger partial charge on any atom is 0.136 e. The van der Waals surface area contributed by atoms with Crippen molar-refractivity contribution in [1.82, 2.24) is 0 Å². The van der Waals surface area contributed by atoms with Gasteiger partial charge in [-0.15, -0.1) is 11.8 Å². The Balaban J connectivity index is 2.97. The topological polar surface area (TPSA) is 0 Å². The highest BCUT2D eigenvalue weighted by atomic mass is 32.2. The minimum absolute atomic E-state index is 0.101. The Morgan fingerprint density at radius 2 is 2.08 bits per heavy atom. The van der Waals surface area contributed by atoms with Crippen LogP contribution >= 0.6 is 11.8 Å². The molecule has 0 fully saturated rings. The molecule has 0 nitrogen and oxygen atoms in total. The second-order valence-electron chi connectivity index (χ2n) is 3.28. The third kappa shape index (κ3) is 2.73. The molecule has 1 rings (SSSR count). The molecule has 0 aliphatic rings. The van der Waals surface area contributed by atoms with Crippen LogP contribution in [-0.4, -0.2) is 5.75 Å². The average molecular weight is 198 g/mol. The van der Waals surface area contributed by atoms with Gasteiger partial charge < -0.3 is 0 Å². The molecule has 1 aromatic carbocycles. The molecule has 0 N–H and O–H groups in total. The smallest absolute Gasteiger partial charge is 0.136 e. The van der Waals surface area contributed by atoms with Crippen LogP contribution < -0.4 is 0 Å². The van der Waals surface area contributed by atoms with Crippen LogP contribution in [0, 0.1) is 5.82 Å². The summed E-state index contributed by atoms with van der Waals surface area (Å²) < 4.78 is 13.2. The Kier molecular flexibility index (Phi) is 3.79. The molecule has 13 heavy (non-hydrogen) atoms. The van der Waals surface area contributed by atoms with Crippen molar-refractivity contribution in [3.8, 4) is 0 Å². The second-order valence-corrected chi connectivity index (χ2v) is 4.58. The molecule has 0 amide bonds. The van der Waals surface area contributed by atoms with Gasteiger partial charge in [-0.25, -0.2) is 4.39 Å². The van der Waals surface area contributed by atoms with E-state index in [0.717, 1.165) is 10.6 Å². The molecule has 0 aromatic heterocycles. The summed E-state index contributed by atoms with van der Waals surface area (Å²) in [5, 5.41) is 0. The lowest BCUT2D eigenvalue weighted by Gasteiger charge is -2.08. The van der Waals surface area contributed by atoms with Crippen LogP contribution in [-0.2, 0) is 0 Å².